The van der Waals surface area contributed by atoms with E-state index >= 15 is 0 Å². The lowest BCUT2D eigenvalue weighted by Gasteiger charge is -2.22. The summed E-state index contributed by atoms with van der Waals surface area (Å²) in [4.78, 5) is 11.0. The highest BCUT2D eigenvalue weighted by Gasteiger charge is 2.49. The third kappa shape index (κ3) is 2.10. The molecule has 0 amide bonds. The van der Waals surface area contributed by atoms with Gasteiger partial charge in [0.15, 0.2) is 0 Å². The largest absolute Gasteiger partial charge is 0.481 e. The molecule has 0 heterocycles. The van der Waals surface area contributed by atoms with Crippen molar-refractivity contribution in [1.29, 1.82) is 0 Å². The van der Waals surface area contributed by atoms with Crippen molar-refractivity contribution in [1.82, 2.24) is 0 Å². The molecule has 2 nitrogen and oxygen atoms in total. The summed E-state index contributed by atoms with van der Waals surface area (Å²) in [6.45, 7) is 0. The van der Waals surface area contributed by atoms with Crippen LogP contribution in [0.4, 0.5) is 0 Å². The SMILES string of the molecule is O=C(O)C1(CCC2CCCCC2)CC1. The van der Waals surface area contributed by atoms with E-state index in [0.717, 1.165) is 31.6 Å². The van der Waals surface area contributed by atoms with Crippen LogP contribution in [0.2, 0.25) is 0 Å². The van der Waals surface area contributed by atoms with E-state index in [9.17, 15) is 4.79 Å². The molecule has 0 saturated heterocycles. The predicted molar refractivity (Wildman–Crippen MR) is 55.1 cm³/mol. The molecule has 0 atom stereocenters. The summed E-state index contributed by atoms with van der Waals surface area (Å²) in [6.07, 6.45) is 10.8. The first-order chi connectivity index (χ1) is 6.73. The molecule has 2 fully saturated rings. The molecular weight excluding hydrogens is 176 g/mol. The molecule has 80 valence electrons. The van der Waals surface area contributed by atoms with Crippen molar-refractivity contribution < 1.29 is 9.90 Å². The number of aliphatic carboxylic acids is 1. The number of hydrogen-bond acceptors (Lipinski definition) is 1. The highest BCUT2D eigenvalue weighted by atomic mass is 16.4. The van der Waals surface area contributed by atoms with E-state index in [0.29, 0.717) is 0 Å². The summed E-state index contributed by atoms with van der Waals surface area (Å²) in [6, 6.07) is 0. The fourth-order valence-electron chi connectivity index (χ4n) is 2.68. The Morgan fingerprint density at radius 2 is 1.86 bits per heavy atom. The van der Waals surface area contributed by atoms with Crippen LogP contribution in [0.1, 0.15) is 57.8 Å². The lowest BCUT2D eigenvalue weighted by molar-refractivity contribution is -0.143. The first kappa shape index (κ1) is 10.0. The number of rotatable bonds is 4. The Kier molecular flexibility index (Phi) is 2.80. The minimum Gasteiger partial charge on any atom is -0.481 e. The van der Waals surface area contributed by atoms with Gasteiger partial charge in [0, 0.05) is 0 Å². The molecule has 2 aliphatic rings. The van der Waals surface area contributed by atoms with Crippen LogP contribution in [-0.2, 0) is 4.79 Å². The van der Waals surface area contributed by atoms with Crippen LogP contribution in [0.3, 0.4) is 0 Å². The summed E-state index contributed by atoms with van der Waals surface area (Å²) in [5.74, 6) is 0.286. The Hall–Kier alpha value is -0.530. The Morgan fingerprint density at radius 1 is 1.21 bits per heavy atom. The van der Waals surface area contributed by atoms with Gasteiger partial charge in [-0.15, -0.1) is 0 Å². The molecule has 0 radical (unpaired) electrons. The van der Waals surface area contributed by atoms with E-state index in [-0.39, 0.29) is 5.41 Å². The van der Waals surface area contributed by atoms with Gasteiger partial charge in [-0.2, -0.15) is 0 Å². The van der Waals surface area contributed by atoms with Gasteiger partial charge in [-0.25, -0.2) is 0 Å². The van der Waals surface area contributed by atoms with Crippen molar-refractivity contribution >= 4 is 5.97 Å². The van der Waals surface area contributed by atoms with Crippen LogP contribution >= 0.6 is 0 Å². The molecule has 0 aromatic carbocycles. The summed E-state index contributed by atoms with van der Waals surface area (Å²) in [5, 5.41) is 9.03. The van der Waals surface area contributed by atoms with Gasteiger partial charge in [0.05, 0.1) is 5.41 Å². The van der Waals surface area contributed by atoms with Gasteiger partial charge in [0.2, 0.25) is 0 Å². The highest BCUT2D eigenvalue weighted by Crippen LogP contribution is 2.51. The van der Waals surface area contributed by atoms with E-state index in [4.69, 9.17) is 5.11 Å². The van der Waals surface area contributed by atoms with Gasteiger partial charge in [0.25, 0.3) is 0 Å². The van der Waals surface area contributed by atoms with Gasteiger partial charge >= 0.3 is 5.97 Å². The minimum atomic E-state index is -0.548. The Balaban J connectivity index is 1.73. The normalized spacial score (nSPS) is 26.0. The number of hydrogen-bond donors (Lipinski definition) is 1. The monoisotopic (exact) mass is 196 g/mol. The number of carboxylic acids is 1. The standard InChI is InChI=1S/C12H20O2/c13-11(14)12(8-9-12)7-6-10-4-2-1-3-5-10/h10H,1-9H2,(H,13,14). The van der Waals surface area contributed by atoms with Crippen molar-refractivity contribution in [3.05, 3.63) is 0 Å². The van der Waals surface area contributed by atoms with Crippen molar-refractivity contribution in [2.45, 2.75) is 57.8 Å². The third-order valence-electron chi connectivity index (χ3n) is 4.06. The molecule has 0 aromatic rings. The van der Waals surface area contributed by atoms with Crippen LogP contribution in [0, 0.1) is 11.3 Å². The first-order valence-electron chi connectivity index (χ1n) is 5.96. The Labute approximate surface area is 85.7 Å². The number of carbonyl (C=O) groups is 1. The van der Waals surface area contributed by atoms with E-state index < -0.39 is 5.97 Å². The quantitative estimate of drug-likeness (QED) is 0.749. The van der Waals surface area contributed by atoms with Crippen molar-refractivity contribution in [3.8, 4) is 0 Å². The third-order valence-corrected chi connectivity index (χ3v) is 4.06. The molecule has 0 unspecified atom stereocenters. The summed E-state index contributed by atoms with van der Waals surface area (Å²) < 4.78 is 0. The van der Waals surface area contributed by atoms with Gasteiger partial charge < -0.3 is 5.11 Å². The van der Waals surface area contributed by atoms with Gasteiger partial charge in [-0.05, 0) is 31.6 Å². The van der Waals surface area contributed by atoms with Crippen molar-refractivity contribution in [2.75, 3.05) is 0 Å². The predicted octanol–water partition coefficient (Wildman–Crippen LogP) is 3.21. The smallest absolute Gasteiger partial charge is 0.309 e. The molecule has 2 aliphatic carbocycles. The Morgan fingerprint density at radius 3 is 2.36 bits per heavy atom. The minimum absolute atomic E-state index is 0.280. The van der Waals surface area contributed by atoms with E-state index in [1.165, 1.54) is 32.1 Å². The zero-order valence-electron chi connectivity index (χ0n) is 8.80. The average Bonchev–Trinajstić information content (AvgIpc) is 2.97. The molecular formula is C12H20O2. The number of carboxylic acid groups (broad SMARTS) is 1. The topological polar surface area (TPSA) is 37.3 Å². The van der Waals surface area contributed by atoms with E-state index in [1.54, 1.807) is 0 Å². The zero-order chi connectivity index (χ0) is 10.0. The fourth-order valence-corrected chi connectivity index (χ4v) is 2.68. The summed E-state index contributed by atoms with van der Waals surface area (Å²) >= 11 is 0. The van der Waals surface area contributed by atoms with Crippen molar-refractivity contribution in [3.63, 3.8) is 0 Å². The van der Waals surface area contributed by atoms with E-state index in [1.807, 2.05) is 0 Å². The molecule has 0 aromatic heterocycles. The maximum atomic E-state index is 11.0. The molecule has 14 heavy (non-hydrogen) atoms. The second kappa shape index (κ2) is 3.92. The Bertz CT molecular complexity index is 212. The van der Waals surface area contributed by atoms with Gasteiger partial charge in [-0.1, -0.05) is 32.1 Å². The van der Waals surface area contributed by atoms with Crippen LogP contribution in [0.15, 0.2) is 0 Å². The maximum absolute atomic E-state index is 11.0. The fraction of sp³-hybridized carbons (Fsp3) is 0.917. The summed E-state index contributed by atoms with van der Waals surface area (Å²) in [5.41, 5.74) is -0.280. The molecule has 2 rings (SSSR count). The molecule has 0 aliphatic heterocycles. The molecule has 0 spiro atoms. The molecule has 2 heteroatoms. The van der Waals surface area contributed by atoms with Crippen molar-refractivity contribution in [2.24, 2.45) is 11.3 Å². The average molecular weight is 196 g/mol. The maximum Gasteiger partial charge on any atom is 0.309 e. The van der Waals surface area contributed by atoms with Gasteiger partial charge in [0.1, 0.15) is 0 Å². The first-order valence-corrected chi connectivity index (χ1v) is 5.96. The van der Waals surface area contributed by atoms with Crippen LogP contribution in [0.5, 0.6) is 0 Å². The van der Waals surface area contributed by atoms with Gasteiger partial charge in [-0.3, -0.25) is 4.79 Å². The van der Waals surface area contributed by atoms with E-state index in [2.05, 4.69) is 0 Å². The molecule has 0 bridgehead atoms. The lowest BCUT2D eigenvalue weighted by Crippen LogP contribution is -2.17. The molecule has 2 saturated carbocycles. The zero-order valence-corrected chi connectivity index (χ0v) is 8.80. The van der Waals surface area contributed by atoms with Crippen LogP contribution in [0.25, 0.3) is 0 Å². The van der Waals surface area contributed by atoms with Crippen LogP contribution in [-0.4, -0.2) is 11.1 Å². The lowest BCUT2D eigenvalue weighted by atomic mass is 9.83. The highest BCUT2D eigenvalue weighted by molar-refractivity contribution is 5.77. The second-order valence-corrected chi connectivity index (χ2v) is 5.13. The summed E-state index contributed by atoms with van der Waals surface area (Å²) in [7, 11) is 0. The van der Waals surface area contributed by atoms with Crippen LogP contribution < -0.4 is 0 Å². The second-order valence-electron chi connectivity index (χ2n) is 5.13. The molecule has 1 N–H and O–H groups in total.